The van der Waals surface area contributed by atoms with Gasteiger partial charge in [-0.3, -0.25) is 14.0 Å². The van der Waals surface area contributed by atoms with Crippen molar-refractivity contribution in [3.8, 4) is 22.9 Å². The van der Waals surface area contributed by atoms with E-state index in [4.69, 9.17) is 15.7 Å². The summed E-state index contributed by atoms with van der Waals surface area (Å²) in [5, 5.41) is 11.6. The maximum absolute atomic E-state index is 12.8. The molecule has 192 valence electrons. The number of aryl methyl sites for hydroxylation is 2. The largest absolute Gasteiger partial charge is 0.383 e. The number of amides is 1. The van der Waals surface area contributed by atoms with Gasteiger partial charge in [0.1, 0.15) is 17.0 Å². The van der Waals surface area contributed by atoms with E-state index in [0.29, 0.717) is 28.8 Å². The molecule has 1 aliphatic carbocycles. The third kappa shape index (κ3) is 3.82. The van der Waals surface area contributed by atoms with Crippen molar-refractivity contribution in [1.82, 2.24) is 44.4 Å². The standard InChI is InChI=1S/C28H24N10O/c1-36-23(11-14-31-36)28(39)34-21-8-5-17-16-18(6-7-19(17)21)38-26(20-4-2-12-30-25(20)29)33-22-9-10-24(35-27(22)38)37-15-3-13-32-37/h2-4,6-7,9-16,21H,5,8H2,1H3,(H2,29,30)(H,34,39)/t21-/m0/s1. The number of nitrogens with one attached hydrogen (secondary N) is 1. The van der Waals surface area contributed by atoms with Crippen LogP contribution in [0.1, 0.15) is 34.1 Å². The number of carbonyl (C=O) groups excluding carboxylic acids is 1. The Morgan fingerprint density at radius 3 is 2.74 bits per heavy atom. The SMILES string of the molecule is Cn1nccc1C(=O)N[C@H]1CCc2cc(-n3c(-c4cccnc4N)nc4ccc(-n5cccn5)nc43)ccc21. The Morgan fingerprint density at radius 1 is 1.03 bits per heavy atom. The van der Waals surface area contributed by atoms with Crippen LogP contribution in [0.5, 0.6) is 0 Å². The Balaban J connectivity index is 1.33. The number of aromatic nitrogens is 8. The first-order valence-electron chi connectivity index (χ1n) is 12.6. The van der Waals surface area contributed by atoms with Crippen LogP contribution in [0.4, 0.5) is 5.82 Å². The molecule has 5 aromatic heterocycles. The van der Waals surface area contributed by atoms with Crippen LogP contribution in [0, 0.1) is 0 Å². The van der Waals surface area contributed by atoms with Crippen LogP contribution in [-0.2, 0) is 13.5 Å². The maximum atomic E-state index is 12.8. The lowest BCUT2D eigenvalue weighted by Crippen LogP contribution is -2.28. The molecular weight excluding hydrogens is 492 g/mol. The number of rotatable bonds is 5. The van der Waals surface area contributed by atoms with E-state index in [1.54, 1.807) is 41.1 Å². The lowest BCUT2D eigenvalue weighted by atomic mass is 10.1. The molecule has 0 aliphatic heterocycles. The second kappa shape index (κ2) is 8.91. The number of benzene rings is 1. The average Bonchev–Trinajstić information content (AvgIpc) is 3.75. The van der Waals surface area contributed by atoms with Crippen molar-refractivity contribution in [3.05, 3.63) is 96.2 Å². The first kappa shape index (κ1) is 22.8. The van der Waals surface area contributed by atoms with E-state index in [2.05, 4.69) is 32.6 Å². The Kier molecular flexibility index (Phi) is 5.22. The Labute approximate surface area is 223 Å². The lowest BCUT2D eigenvalue weighted by Gasteiger charge is -2.16. The number of fused-ring (bicyclic) bond motifs is 2. The fourth-order valence-electron chi connectivity index (χ4n) is 5.23. The molecule has 1 amide bonds. The van der Waals surface area contributed by atoms with Gasteiger partial charge < -0.3 is 11.1 Å². The van der Waals surface area contributed by atoms with Crippen LogP contribution < -0.4 is 11.1 Å². The summed E-state index contributed by atoms with van der Waals surface area (Å²) in [4.78, 5) is 27.0. The molecule has 0 fully saturated rings. The Bertz CT molecular complexity index is 1850. The first-order chi connectivity index (χ1) is 19.1. The number of nitrogens with zero attached hydrogens (tertiary/aromatic N) is 8. The van der Waals surface area contributed by atoms with Crippen LogP contribution in [0.25, 0.3) is 34.1 Å². The molecule has 6 aromatic rings. The van der Waals surface area contributed by atoms with E-state index in [1.807, 2.05) is 47.2 Å². The molecule has 39 heavy (non-hydrogen) atoms. The molecule has 0 saturated carbocycles. The topological polar surface area (TPSA) is 134 Å². The van der Waals surface area contributed by atoms with Crippen LogP contribution in [-0.4, -0.2) is 45.0 Å². The van der Waals surface area contributed by atoms with Gasteiger partial charge in [-0.1, -0.05) is 6.07 Å². The van der Waals surface area contributed by atoms with Crippen molar-refractivity contribution in [2.24, 2.45) is 7.05 Å². The molecule has 0 spiro atoms. The van der Waals surface area contributed by atoms with Gasteiger partial charge in [0, 0.05) is 37.5 Å². The molecular formula is C28H24N10O. The van der Waals surface area contributed by atoms with Gasteiger partial charge in [0.25, 0.3) is 5.91 Å². The van der Waals surface area contributed by atoms with Gasteiger partial charge in [-0.2, -0.15) is 10.2 Å². The van der Waals surface area contributed by atoms with E-state index in [9.17, 15) is 4.79 Å². The summed E-state index contributed by atoms with van der Waals surface area (Å²) in [7, 11) is 1.76. The second-order valence-electron chi connectivity index (χ2n) is 9.46. The molecule has 0 unspecified atom stereocenters. The van der Waals surface area contributed by atoms with Gasteiger partial charge in [-0.15, -0.1) is 0 Å². The van der Waals surface area contributed by atoms with Gasteiger partial charge >= 0.3 is 0 Å². The summed E-state index contributed by atoms with van der Waals surface area (Å²) >= 11 is 0. The summed E-state index contributed by atoms with van der Waals surface area (Å²) in [6.45, 7) is 0. The summed E-state index contributed by atoms with van der Waals surface area (Å²) in [5.74, 6) is 1.58. The minimum atomic E-state index is -0.137. The van der Waals surface area contributed by atoms with Crippen LogP contribution in [0.15, 0.2) is 79.4 Å². The fourth-order valence-corrected chi connectivity index (χ4v) is 5.23. The molecule has 0 bridgehead atoms. The molecule has 0 saturated heterocycles. The normalized spacial score (nSPS) is 14.5. The van der Waals surface area contributed by atoms with Gasteiger partial charge in [-0.05, 0) is 72.5 Å². The van der Waals surface area contributed by atoms with Crippen molar-refractivity contribution < 1.29 is 4.79 Å². The highest BCUT2D eigenvalue weighted by Crippen LogP contribution is 2.36. The molecule has 5 heterocycles. The zero-order valence-electron chi connectivity index (χ0n) is 21.1. The van der Waals surface area contributed by atoms with Gasteiger partial charge in [-0.25, -0.2) is 19.6 Å². The molecule has 7 rings (SSSR count). The zero-order valence-corrected chi connectivity index (χ0v) is 21.1. The number of nitrogen functional groups attached to an aromatic ring is 1. The molecule has 11 nitrogen and oxygen atoms in total. The monoisotopic (exact) mass is 516 g/mol. The van der Waals surface area contributed by atoms with Gasteiger partial charge in [0.2, 0.25) is 0 Å². The van der Waals surface area contributed by atoms with Crippen LogP contribution in [0.2, 0.25) is 0 Å². The quantitative estimate of drug-likeness (QED) is 0.359. The smallest absolute Gasteiger partial charge is 0.270 e. The van der Waals surface area contributed by atoms with Crippen LogP contribution in [0.3, 0.4) is 0 Å². The van der Waals surface area contributed by atoms with E-state index >= 15 is 0 Å². The number of nitrogens with two attached hydrogens (primary N) is 1. The highest BCUT2D eigenvalue weighted by Gasteiger charge is 2.27. The molecule has 1 atom stereocenters. The highest BCUT2D eigenvalue weighted by molar-refractivity contribution is 5.92. The number of pyridine rings is 2. The number of imidazole rings is 1. The Morgan fingerprint density at radius 2 is 1.95 bits per heavy atom. The van der Waals surface area contributed by atoms with Crippen molar-refractivity contribution in [2.75, 3.05) is 5.73 Å². The zero-order chi connectivity index (χ0) is 26.5. The fraction of sp³-hybridized carbons (Fsp3) is 0.143. The minimum absolute atomic E-state index is 0.0750. The lowest BCUT2D eigenvalue weighted by molar-refractivity contribution is 0.0927. The number of hydrogen-bond donors (Lipinski definition) is 2. The minimum Gasteiger partial charge on any atom is -0.383 e. The van der Waals surface area contributed by atoms with Crippen molar-refractivity contribution >= 4 is 22.9 Å². The number of hydrogen-bond acceptors (Lipinski definition) is 7. The van der Waals surface area contributed by atoms with Gasteiger partial charge in [0.05, 0.1) is 11.6 Å². The summed E-state index contributed by atoms with van der Waals surface area (Å²) in [5.41, 5.74) is 12.1. The van der Waals surface area contributed by atoms with E-state index in [-0.39, 0.29) is 11.9 Å². The van der Waals surface area contributed by atoms with Crippen molar-refractivity contribution in [2.45, 2.75) is 18.9 Å². The molecule has 11 heteroatoms. The summed E-state index contributed by atoms with van der Waals surface area (Å²) in [6.07, 6.45) is 8.51. The Hall–Kier alpha value is -5.32. The summed E-state index contributed by atoms with van der Waals surface area (Å²) in [6, 6.07) is 17.3. The molecule has 0 radical (unpaired) electrons. The molecule has 1 aliphatic rings. The summed E-state index contributed by atoms with van der Waals surface area (Å²) < 4.78 is 5.30. The van der Waals surface area contributed by atoms with Gasteiger partial charge in [0.15, 0.2) is 17.3 Å². The second-order valence-corrected chi connectivity index (χ2v) is 9.46. The van der Waals surface area contributed by atoms with E-state index in [0.717, 1.165) is 40.7 Å². The van der Waals surface area contributed by atoms with Crippen LogP contribution >= 0.6 is 0 Å². The third-order valence-corrected chi connectivity index (χ3v) is 7.13. The number of carbonyl (C=O) groups is 1. The number of anilines is 1. The van der Waals surface area contributed by atoms with Crippen molar-refractivity contribution in [1.29, 1.82) is 0 Å². The van der Waals surface area contributed by atoms with E-state index < -0.39 is 0 Å². The first-order valence-corrected chi connectivity index (χ1v) is 12.6. The third-order valence-electron chi connectivity index (χ3n) is 7.13. The predicted octanol–water partition coefficient (Wildman–Crippen LogP) is 3.40. The highest BCUT2D eigenvalue weighted by atomic mass is 16.2. The van der Waals surface area contributed by atoms with Crippen molar-refractivity contribution in [3.63, 3.8) is 0 Å². The molecule has 3 N–H and O–H groups in total. The maximum Gasteiger partial charge on any atom is 0.270 e. The predicted molar refractivity (Wildman–Crippen MR) is 145 cm³/mol. The average molecular weight is 517 g/mol. The molecule has 1 aromatic carbocycles. The van der Waals surface area contributed by atoms with E-state index in [1.165, 1.54) is 0 Å².